The number of hydrogen-bond acceptors (Lipinski definition) is 4. The SMILES string of the molecule is c1ccc(-c2cn3ccc4c(-c5ccc(-c6ccc(-c7ccnc8c7ccc7cccnc78)cc6)cc5)nc5ccccc5c4c3n2)cc1. The fourth-order valence-corrected chi connectivity index (χ4v) is 7.11. The fraction of sp³-hybridized carbons (Fsp3) is 0. The van der Waals surface area contributed by atoms with E-state index < -0.39 is 0 Å². The van der Waals surface area contributed by atoms with E-state index in [1.807, 2.05) is 30.6 Å². The maximum atomic E-state index is 5.19. The summed E-state index contributed by atoms with van der Waals surface area (Å²) in [5, 5.41) is 5.49. The zero-order valence-electron chi connectivity index (χ0n) is 26.3. The standard InChI is InChI=1S/C44H27N5/c1-2-7-31(8-3-1)39-27-49-26-23-37-40(44(49)48-39)36-10-4-5-11-38(36)47-41(37)33-18-14-29(15-19-33)28-12-16-30(17-13-28)34-22-25-46-43-35(34)21-20-32-9-6-24-45-42(32)43/h1-27H. The molecule has 0 saturated heterocycles. The fourth-order valence-electron chi connectivity index (χ4n) is 7.11. The van der Waals surface area contributed by atoms with Crippen LogP contribution in [0.4, 0.5) is 0 Å². The first-order valence-corrected chi connectivity index (χ1v) is 16.4. The van der Waals surface area contributed by atoms with Gasteiger partial charge in [-0.3, -0.25) is 9.97 Å². The van der Waals surface area contributed by atoms with E-state index in [9.17, 15) is 0 Å². The zero-order valence-corrected chi connectivity index (χ0v) is 26.3. The molecule has 0 aliphatic rings. The molecule has 0 unspecified atom stereocenters. The molecule has 5 aromatic heterocycles. The maximum Gasteiger partial charge on any atom is 0.146 e. The van der Waals surface area contributed by atoms with Crippen LogP contribution in [0, 0.1) is 0 Å². The van der Waals surface area contributed by atoms with Gasteiger partial charge in [-0.05, 0) is 46.5 Å². The summed E-state index contributed by atoms with van der Waals surface area (Å²) in [6, 6.07) is 48.8. The molecule has 0 fully saturated rings. The predicted molar refractivity (Wildman–Crippen MR) is 200 cm³/mol. The van der Waals surface area contributed by atoms with Gasteiger partial charge in [0.25, 0.3) is 0 Å². The van der Waals surface area contributed by atoms with Crippen LogP contribution in [-0.2, 0) is 0 Å². The lowest BCUT2D eigenvalue weighted by Crippen LogP contribution is -1.93. The highest BCUT2D eigenvalue weighted by Crippen LogP contribution is 2.37. The molecule has 0 radical (unpaired) electrons. The number of benzene rings is 5. The van der Waals surface area contributed by atoms with Crippen molar-refractivity contribution in [3.63, 3.8) is 0 Å². The lowest BCUT2D eigenvalue weighted by atomic mass is 9.96. The van der Waals surface area contributed by atoms with E-state index in [0.717, 1.165) is 93.9 Å². The second kappa shape index (κ2) is 10.9. The molecule has 10 rings (SSSR count). The van der Waals surface area contributed by atoms with E-state index >= 15 is 0 Å². The average Bonchev–Trinajstić information content (AvgIpc) is 3.63. The first-order chi connectivity index (χ1) is 24.3. The third-order valence-electron chi connectivity index (χ3n) is 9.53. The van der Waals surface area contributed by atoms with Crippen molar-refractivity contribution in [2.45, 2.75) is 0 Å². The first-order valence-electron chi connectivity index (χ1n) is 16.4. The molecule has 5 nitrogen and oxygen atoms in total. The number of aromatic nitrogens is 5. The molecule has 0 spiro atoms. The molecule has 5 aromatic carbocycles. The van der Waals surface area contributed by atoms with Crippen LogP contribution in [0.3, 0.4) is 0 Å². The second-order valence-corrected chi connectivity index (χ2v) is 12.4. The summed E-state index contributed by atoms with van der Waals surface area (Å²) < 4.78 is 2.13. The molecular formula is C44H27N5. The summed E-state index contributed by atoms with van der Waals surface area (Å²) in [7, 11) is 0. The number of para-hydroxylation sites is 1. The Kier molecular flexibility index (Phi) is 6.11. The number of fused-ring (bicyclic) bond motifs is 8. The summed E-state index contributed by atoms with van der Waals surface area (Å²) in [6.45, 7) is 0. The molecule has 0 saturated carbocycles. The lowest BCUT2D eigenvalue weighted by Gasteiger charge is -2.12. The van der Waals surface area contributed by atoms with Crippen LogP contribution in [0.15, 0.2) is 164 Å². The van der Waals surface area contributed by atoms with Gasteiger partial charge >= 0.3 is 0 Å². The van der Waals surface area contributed by atoms with Crippen molar-refractivity contribution in [1.29, 1.82) is 0 Å². The normalized spacial score (nSPS) is 11.7. The van der Waals surface area contributed by atoms with Crippen LogP contribution in [0.25, 0.3) is 93.9 Å². The molecule has 10 aromatic rings. The second-order valence-electron chi connectivity index (χ2n) is 12.4. The van der Waals surface area contributed by atoms with Crippen LogP contribution in [-0.4, -0.2) is 24.3 Å². The number of imidazole rings is 1. The van der Waals surface area contributed by atoms with Gasteiger partial charge in [0, 0.05) is 62.8 Å². The average molecular weight is 626 g/mol. The van der Waals surface area contributed by atoms with E-state index in [1.54, 1.807) is 0 Å². The van der Waals surface area contributed by atoms with Gasteiger partial charge < -0.3 is 4.40 Å². The number of rotatable bonds is 4. The van der Waals surface area contributed by atoms with Gasteiger partial charge in [-0.15, -0.1) is 0 Å². The molecule has 5 heteroatoms. The summed E-state index contributed by atoms with van der Waals surface area (Å²) in [6.07, 6.45) is 7.91. The van der Waals surface area contributed by atoms with Crippen LogP contribution < -0.4 is 0 Å². The third-order valence-corrected chi connectivity index (χ3v) is 9.53. The van der Waals surface area contributed by atoms with Gasteiger partial charge in [-0.2, -0.15) is 0 Å². The highest BCUT2D eigenvalue weighted by atomic mass is 15.0. The molecule has 0 atom stereocenters. The summed E-state index contributed by atoms with van der Waals surface area (Å²) >= 11 is 0. The smallest absolute Gasteiger partial charge is 0.146 e. The van der Waals surface area contributed by atoms with Crippen molar-refractivity contribution in [1.82, 2.24) is 24.3 Å². The van der Waals surface area contributed by atoms with Gasteiger partial charge in [-0.25, -0.2) is 9.97 Å². The Balaban J connectivity index is 1.04. The Morgan fingerprint density at radius 2 is 1.18 bits per heavy atom. The van der Waals surface area contributed by atoms with E-state index in [2.05, 4.69) is 148 Å². The molecule has 49 heavy (non-hydrogen) atoms. The molecule has 0 bridgehead atoms. The quantitative estimate of drug-likeness (QED) is 0.183. The van der Waals surface area contributed by atoms with E-state index in [0.29, 0.717) is 0 Å². The Morgan fingerprint density at radius 1 is 0.449 bits per heavy atom. The topological polar surface area (TPSA) is 56.0 Å². The number of hydrogen-bond donors (Lipinski definition) is 0. The molecule has 0 aliphatic carbocycles. The van der Waals surface area contributed by atoms with Crippen molar-refractivity contribution in [2.75, 3.05) is 0 Å². The van der Waals surface area contributed by atoms with Crippen molar-refractivity contribution >= 4 is 49.1 Å². The molecule has 0 N–H and O–H groups in total. The van der Waals surface area contributed by atoms with Gasteiger partial charge in [0.05, 0.1) is 27.9 Å². The Labute approximate surface area is 281 Å². The highest BCUT2D eigenvalue weighted by molar-refractivity contribution is 6.17. The number of nitrogens with zero attached hydrogens (tertiary/aromatic N) is 5. The van der Waals surface area contributed by atoms with E-state index in [-0.39, 0.29) is 0 Å². The third kappa shape index (κ3) is 4.48. The van der Waals surface area contributed by atoms with Crippen molar-refractivity contribution in [3.8, 4) is 44.8 Å². The summed E-state index contributed by atoms with van der Waals surface area (Å²) in [5.41, 5.74) is 12.4. The van der Waals surface area contributed by atoms with Gasteiger partial charge in [0.15, 0.2) is 0 Å². The van der Waals surface area contributed by atoms with Crippen LogP contribution in [0.2, 0.25) is 0 Å². The maximum absolute atomic E-state index is 5.19. The van der Waals surface area contributed by atoms with E-state index in [1.165, 1.54) is 0 Å². The van der Waals surface area contributed by atoms with Gasteiger partial charge in [0.2, 0.25) is 0 Å². The van der Waals surface area contributed by atoms with Gasteiger partial charge in [0.1, 0.15) is 5.65 Å². The Bertz CT molecular complexity index is 2860. The Hall–Kier alpha value is -6.72. The summed E-state index contributed by atoms with van der Waals surface area (Å²) in [4.78, 5) is 19.6. The predicted octanol–water partition coefficient (Wildman–Crippen LogP) is 10.8. The number of pyridine rings is 4. The van der Waals surface area contributed by atoms with Crippen LogP contribution >= 0.6 is 0 Å². The molecule has 228 valence electrons. The van der Waals surface area contributed by atoms with Crippen molar-refractivity contribution in [2.24, 2.45) is 0 Å². The minimum atomic E-state index is 0.926. The molecule has 5 heterocycles. The molecule has 0 amide bonds. The van der Waals surface area contributed by atoms with Gasteiger partial charge in [-0.1, -0.05) is 115 Å². The Morgan fingerprint density at radius 3 is 2.02 bits per heavy atom. The minimum Gasteiger partial charge on any atom is -0.306 e. The molecule has 0 aliphatic heterocycles. The summed E-state index contributed by atoms with van der Waals surface area (Å²) in [5.74, 6) is 0. The monoisotopic (exact) mass is 625 g/mol. The molecular weight excluding hydrogens is 599 g/mol. The minimum absolute atomic E-state index is 0.926. The van der Waals surface area contributed by atoms with Crippen molar-refractivity contribution in [3.05, 3.63) is 164 Å². The van der Waals surface area contributed by atoms with E-state index in [4.69, 9.17) is 9.97 Å². The van der Waals surface area contributed by atoms with Crippen molar-refractivity contribution < 1.29 is 0 Å². The highest BCUT2D eigenvalue weighted by Gasteiger charge is 2.16. The van der Waals surface area contributed by atoms with Crippen LogP contribution in [0.5, 0.6) is 0 Å². The lowest BCUT2D eigenvalue weighted by molar-refractivity contribution is 1.20. The largest absolute Gasteiger partial charge is 0.306 e. The first kappa shape index (κ1) is 27.4. The van der Waals surface area contributed by atoms with Crippen LogP contribution in [0.1, 0.15) is 0 Å². The zero-order chi connectivity index (χ0) is 32.3.